The molecule has 21 heavy (non-hydrogen) atoms. The lowest BCUT2D eigenvalue weighted by Gasteiger charge is -2.27. The van der Waals surface area contributed by atoms with Crippen molar-refractivity contribution in [3.8, 4) is 5.75 Å². The van der Waals surface area contributed by atoms with Crippen LogP contribution in [0.4, 0.5) is 0 Å². The quantitative estimate of drug-likeness (QED) is 0.849. The van der Waals surface area contributed by atoms with Gasteiger partial charge in [-0.05, 0) is 35.6 Å². The van der Waals surface area contributed by atoms with E-state index < -0.39 is 6.10 Å². The van der Waals surface area contributed by atoms with Crippen LogP contribution in [-0.4, -0.2) is 5.11 Å². The number of fused-ring (bicyclic) bond motifs is 3. The van der Waals surface area contributed by atoms with Gasteiger partial charge in [0.15, 0.2) is 0 Å². The van der Waals surface area contributed by atoms with Crippen LogP contribution in [0.5, 0.6) is 5.75 Å². The molecule has 2 nitrogen and oxygen atoms in total. The molecule has 0 aromatic heterocycles. The van der Waals surface area contributed by atoms with Crippen LogP contribution in [0.2, 0.25) is 0 Å². The molecule has 1 atom stereocenters. The summed E-state index contributed by atoms with van der Waals surface area (Å²) in [6.45, 7) is 0. The van der Waals surface area contributed by atoms with Gasteiger partial charge >= 0.3 is 0 Å². The molecule has 1 unspecified atom stereocenters. The van der Waals surface area contributed by atoms with E-state index in [1.807, 2.05) is 36.4 Å². The Bertz CT molecular complexity index is 742. The zero-order valence-corrected chi connectivity index (χ0v) is 11.6. The van der Waals surface area contributed by atoms with Gasteiger partial charge in [0.25, 0.3) is 0 Å². The second-order valence-corrected chi connectivity index (χ2v) is 5.45. The van der Waals surface area contributed by atoms with Gasteiger partial charge in [0.05, 0.1) is 6.26 Å². The molecular weight excluding hydrogens is 260 g/mol. The van der Waals surface area contributed by atoms with E-state index in [2.05, 4.69) is 18.2 Å². The zero-order valence-electron chi connectivity index (χ0n) is 11.6. The number of hydrogen-bond acceptors (Lipinski definition) is 2. The summed E-state index contributed by atoms with van der Waals surface area (Å²) >= 11 is 0. The molecule has 1 N–H and O–H groups in total. The molecule has 2 aromatic carbocycles. The maximum atomic E-state index is 10.8. The van der Waals surface area contributed by atoms with E-state index in [1.165, 1.54) is 5.56 Å². The molecule has 0 spiro atoms. The number of allylic oxidation sites excluding steroid dienone is 1. The highest BCUT2D eigenvalue weighted by Crippen LogP contribution is 2.43. The number of aliphatic hydroxyl groups excluding tert-OH is 1. The molecule has 2 aromatic rings. The summed E-state index contributed by atoms with van der Waals surface area (Å²) < 4.78 is 5.77. The van der Waals surface area contributed by atoms with E-state index >= 15 is 0 Å². The molecular formula is C19H16O2. The smallest absolute Gasteiger partial charge is 0.133 e. The third-order valence-corrected chi connectivity index (χ3v) is 4.19. The molecule has 0 radical (unpaired) electrons. The Labute approximate surface area is 124 Å². The van der Waals surface area contributed by atoms with E-state index in [4.69, 9.17) is 4.74 Å². The van der Waals surface area contributed by atoms with Gasteiger partial charge in [0.2, 0.25) is 0 Å². The lowest BCUT2D eigenvalue weighted by Crippen LogP contribution is -2.13. The number of rotatable bonds is 1. The van der Waals surface area contributed by atoms with Gasteiger partial charge < -0.3 is 9.84 Å². The van der Waals surface area contributed by atoms with Crippen molar-refractivity contribution in [2.24, 2.45) is 0 Å². The van der Waals surface area contributed by atoms with Crippen molar-refractivity contribution in [1.82, 2.24) is 0 Å². The van der Waals surface area contributed by atoms with Crippen molar-refractivity contribution in [2.45, 2.75) is 18.9 Å². The van der Waals surface area contributed by atoms with Crippen LogP contribution in [0, 0.1) is 0 Å². The Hall–Kier alpha value is -2.32. The van der Waals surface area contributed by atoms with Crippen LogP contribution in [0.15, 0.2) is 54.8 Å². The van der Waals surface area contributed by atoms with Crippen LogP contribution >= 0.6 is 0 Å². The predicted octanol–water partition coefficient (Wildman–Crippen LogP) is 4.11. The highest BCUT2D eigenvalue weighted by molar-refractivity contribution is 5.76. The largest absolute Gasteiger partial charge is 0.464 e. The third-order valence-electron chi connectivity index (χ3n) is 4.19. The fraction of sp³-hybridized carbons (Fsp3) is 0.158. The molecule has 1 heterocycles. The minimum absolute atomic E-state index is 0.645. The first-order valence-electron chi connectivity index (χ1n) is 7.27. The average Bonchev–Trinajstić information content (AvgIpc) is 2.55. The van der Waals surface area contributed by atoms with Gasteiger partial charge in [-0.3, -0.25) is 0 Å². The Morgan fingerprint density at radius 1 is 1.05 bits per heavy atom. The zero-order chi connectivity index (χ0) is 14.2. The van der Waals surface area contributed by atoms with E-state index in [9.17, 15) is 5.11 Å². The van der Waals surface area contributed by atoms with Crippen molar-refractivity contribution in [3.63, 3.8) is 0 Å². The normalized spacial score (nSPS) is 19.3. The lowest BCUT2D eigenvalue weighted by molar-refractivity contribution is 0.223. The number of aliphatic hydroxyl groups is 1. The Balaban J connectivity index is 1.84. The second kappa shape index (κ2) is 4.90. The molecule has 0 bridgehead atoms. The van der Waals surface area contributed by atoms with Gasteiger partial charge in [0, 0.05) is 11.1 Å². The van der Waals surface area contributed by atoms with Crippen molar-refractivity contribution >= 4 is 11.6 Å². The summed E-state index contributed by atoms with van der Waals surface area (Å²) in [6, 6.07) is 14.0. The van der Waals surface area contributed by atoms with Crippen molar-refractivity contribution in [1.29, 1.82) is 0 Å². The van der Waals surface area contributed by atoms with E-state index in [1.54, 1.807) is 6.26 Å². The summed E-state index contributed by atoms with van der Waals surface area (Å²) in [7, 11) is 0. The first kappa shape index (κ1) is 12.4. The first-order valence-corrected chi connectivity index (χ1v) is 7.27. The molecule has 1 aliphatic carbocycles. The number of hydrogen-bond donors (Lipinski definition) is 1. The highest BCUT2D eigenvalue weighted by atomic mass is 16.5. The number of aryl methyl sites for hydroxylation is 1. The highest BCUT2D eigenvalue weighted by Gasteiger charge is 2.27. The molecule has 104 valence electrons. The predicted molar refractivity (Wildman–Crippen MR) is 83.8 cm³/mol. The van der Waals surface area contributed by atoms with Gasteiger partial charge in [-0.1, -0.05) is 48.6 Å². The topological polar surface area (TPSA) is 29.5 Å². The summed E-state index contributed by atoms with van der Waals surface area (Å²) in [5.41, 5.74) is 5.11. The molecule has 0 saturated heterocycles. The molecule has 4 rings (SSSR count). The SMILES string of the molecule is OC1C(c2ccccc2)=COc2ccc3c(c21)C=CCC3. The van der Waals surface area contributed by atoms with Crippen molar-refractivity contribution in [3.05, 3.63) is 77.1 Å². The third kappa shape index (κ3) is 1.99. The van der Waals surface area contributed by atoms with Gasteiger partial charge in [-0.25, -0.2) is 0 Å². The molecule has 0 amide bonds. The molecule has 0 saturated carbocycles. The summed E-state index contributed by atoms with van der Waals surface area (Å²) in [5.74, 6) is 0.757. The van der Waals surface area contributed by atoms with Gasteiger partial charge in [-0.15, -0.1) is 0 Å². The molecule has 1 aliphatic heterocycles. The minimum Gasteiger partial charge on any atom is -0.464 e. The minimum atomic E-state index is -0.645. The van der Waals surface area contributed by atoms with Crippen LogP contribution < -0.4 is 4.74 Å². The summed E-state index contributed by atoms with van der Waals surface area (Å²) in [4.78, 5) is 0. The monoisotopic (exact) mass is 276 g/mol. The van der Waals surface area contributed by atoms with Gasteiger partial charge in [-0.2, -0.15) is 0 Å². The lowest BCUT2D eigenvalue weighted by atomic mass is 9.86. The van der Waals surface area contributed by atoms with E-state index in [0.29, 0.717) is 0 Å². The van der Waals surface area contributed by atoms with Crippen LogP contribution in [0.1, 0.15) is 34.8 Å². The number of benzene rings is 2. The first-order chi connectivity index (χ1) is 10.3. The van der Waals surface area contributed by atoms with E-state index in [0.717, 1.165) is 40.9 Å². The number of ether oxygens (including phenoxy) is 1. The van der Waals surface area contributed by atoms with Crippen LogP contribution in [0.3, 0.4) is 0 Å². The fourth-order valence-corrected chi connectivity index (χ4v) is 3.10. The van der Waals surface area contributed by atoms with Crippen molar-refractivity contribution in [2.75, 3.05) is 0 Å². The van der Waals surface area contributed by atoms with Crippen LogP contribution in [-0.2, 0) is 6.42 Å². The fourth-order valence-electron chi connectivity index (χ4n) is 3.10. The molecule has 0 fully saturated rings. The Morgan fingerprint density at radius 3 is 2.76 bits per heavy atom. The van der Waals surface area contributed by atoms with Crippen LogP contribution in [0.25, 0.3) is 11.6 Å². The summed E-state index contributed by atoms with van der Waals surface area (Å²) in [6.07, 6.45) is 7.38. The standard InChI is InChI=1S/C19H16O2/c20-19-16(13-6-2-1-3-7-13)12-21-17-11-10-14-8-4-5-9-15(14)18(17)19/h1-3,5-7,9-12,19-20H,4,8H2. The molecule has 2 aliphatic rings. The van der Waals surface area contributed by atoms with Gasteiger partial charge in [0.1, 0.15) is 11.9 Å². The van der Waals surface area contributed by atoms with E-state index in [-0.39, 0.29) is 0 Å². The van der Waals surface area contributed by atoms with Crippen molar-refractivity contribution < 1.29 is 9.84 Å². The summed E-state index contributed by atoms with van der Waals surface area (Å²) in [5, 5.41) is 10.8. The maximum Gasteiger partial charge on any atom is 0.133 e. The maximum absolute atomic E-state index is 10.8. The second-order valence-electron chi connectivity index (χ2n) is 5.45. The Kier molecular flexibility index (Phi) is 2.90. The Morgan fingerprint density at radius 2 is 1.90 bits per heavy atom. The molecule has 2 heteroatoms. The average molecular weight is 276 g/mol.